The largest absolute Gasteiger partial charge is 0.481 e. The van der Waals surface area contributed by atoms with Crippen LogP contribution in [0.5, 0.6) is 0 Å². The molecule has 0 saturated heterocycles. The van der Waals surface area contributed by atoms with E-state index in [1.807, 2.05) is 42.5 Å². The van der Waals surface area contributed by atoms with Crippen molar-refractivity contribution in [1.82, 2.24) is 9.97 Å². The highest BCUT2D eigenvalue weighted by Crippen LogP contribution is 2.25. The number of unbranched alkanes of at least 4 members (excludes halogenated alkanes) is 1. The average Bonchev–Trinajstić information content (AvgIpc) is 2.85. The lowest BCUT2D eigenvalue weighted by molar-refractivity contribution is -0.137. The summed E-state index contributed by atoms with van der Waals surface area (Å²) in [6.07, 6.45) is 2.01. The van der Waals surface area contributed by atoms with Crippen molar-refractivity contribution in [3.8, 4) is 11.3 Å². The summed E-state index contributed by atoms with van der Waals surface area (Å²) in [5.41, 5.74) is 4.90. The quantitative estimate of drug-likeness (QED) is 0.233. The van der Waals surface area contributed by atoms with Gasteiger partial charge in [0.1, 0.15) is 6.61 Å². The molecule has 0 atom stereocenters. The number of esters is 1. The van der Waals surface area contributed by atoms with E-state index in [2.05, 4.69) is 0 Å². The Morgan fingerprint density at radius 2 is 1.71 bits per heavy atom. The van der Waals surface area contributed by atoms with Gasteiger partial charge in [-0.05, 0) is 55.2 Å². The van der Waals surface area contributed by atoms with E-state index < -0.39 is 11.9 Å². The minimum Gasteiger partial charge on any atom is -0.481 e. The number of hydrogen-bond acceptors (Lipinski definition) is 5. The molecule has 4 aromatic rings. The molecule has 1 heterocycles. The summed E-state index contributed by atoms with van der Waals surface area (Å²) in [7, 11) is 0. The molecule has 3 aromatic carbocycles. The summed E-state index contributed by atoms with van der Waals surface area (Å²) in [5, 5.41) is 9.48. The second kappa shape index (κ2) is 10.9. The van der Waals surface area contributed by atoms with Gasteiger partial charge >= 0.3 is 11.9 Å². The molecule has 34 heavy (non-hydrogen) atoms. The molecule has 6 nitrogen and oxygen atoms in total. The molecule has 1 N–H and O–H groups in total. The summed E-state index contributed by atoms with van der Waals surface area (Å²) in [4.78, 5) is 33.1. The van der Waals surface area contributed by atoms with Gasteiger partial charge in [0, 0.05) is 17.0 Å². The molecule has 0 saturated carbocycles. The van der Waals surface area contributed by atoms with Crippen LogP contribution in [0.15, 0.2) is 72.8 Å². The minimum atomic E-state index is -0.803. The molecule has 0 aliphatic heterocycles. The fourth-order valence-electron chi connectivity index (χ4n) is 3.65. The number of benzene rings is 3. The molecule has 7 heteroatoms. The number of carbonyl (C=O) groups is 2. The van der Waals surface area contributed by atoms with Crippen molar-refractivity contribution in [3.63, 3.8) is 0 Å². The van der Waals surface area contributed by atoms with E-state index in [9.17, 15) is 9.59 Å². The van der Waals surface area contributed by atoms with E-state index in [0.29, 0.717) is 40.9 Å². The Labute approximate surface area is 202 Å². The monoisotopic (exact) mass is 474 g/mol. The maximum atomic E-state index is 12.6. The maximum absolute atomic E-state index is 12.6. The van der Waals surface area contributed by atoms with Crippen LogP contribution in [-0.4, -0.2) is 27.0 Å². The first-order valence-corrected chi connectivity index (χ1v) is 11.4. The first-order valence-electron chi connectivity index (χ1n) is 11.0. The lowest BCUT2D eigenvalue weighted by Gasteiger charge is -2.11. The third-order valence-corrected chi connectivity index (χ3v) is 5.57. The number of halogens is 1. The molecule has 172 valence electrons. The molecular formula is C27H23ClN2O4. The fourth-order valence-corrected chi connectivity index (χ4v) is 3.86. The number of aryl methyl sites for hydroxylation is 1. The van der Waals surface area contributed by atoms with Crippen LogP contribution in [0.25, 0.3) is 22.3 Å². The highest BCUT2D eigenvalue weighted by atomic mass is 35.5. The number of aliphatic carboxylic acids is 1. The first-order chi connectivity index (χ1) is 16.5. The van der Waals surface area contributed by atoms with E-state index in [4.69, 9.17) is 31.4 Å². The molecule has 0 aliphatic rings. The van der Waals surface area contributed by atoms with Gasteiger partial charge < -0.3 is 9.84 Å². The molecule has 0 aliphatic carbocycles. The molecular weight excluding hydrogens is 452 g/mol. The zero-order valence-electron chi connectivity index (χ0n) is 18.4. The Hall–Kier alpha value is -3.77. The second-order valence-electron chi connectivity index (χ2n) is 7.90. The second-order valence-corrected chi connectivity index (χ2v) is 8.33. The van der Waals surface area contributed by atoms with Crippen molar-refractivity contribution in [2.45, 2.75) is 32.3 Å². The number of carboxylic acid groups (broad SMARTS) is 1. The zero-order valence-corrected chi connectivity index (χ0v) is 19.2. The Kier molecular flexibility index (Phi) is 7.50. The number of nitrogens with zero attached hydrogens (tertiary/aromatic N) is 2. The molecule has 0 unspecified atom stereocenters. The first kappa shape index (κ1) is 23.4. The lowest BCUT2D eigenvalue weighted by Crippen LogP contribution is -2.06. The topological polar surface area (TPSA) is 89.4 Å². The standard InChI is InChI=1S/C27H23ClN2O4/c28-21-10-6-7-18(15-21)17-34-27(33)20-13-14-22-24(16-20)30-26(19-8-2-1-3-9-19)23(29-22)11-4-5-12-25(31)32/h1-3,6-10,13-16H,4-5,11-12,17H2,(H,31,32). The van der Waals surface area contributed by atoms with Crippen molar-refractivity contribution in [2.75, 3.05) is 0 Å². The van der Waals surface area contributed by atoms with Gasteiger partial charge in [0.25, 0.3) is 0 Å². The number of carboxylic acids is 1. The van der Waals surface area contributed by atoms with Gasteiger partial charge in [-0.3, -0.25) is 4.79 Å². The van der Waals surface area contributed by atoms with Gasteiger partial charge in [0.2, 0.25) is 0 Å². The fraction of sp³-hybridized carbons (Fsp3) is 0.185. The predicted molar refractivity (Wildman–Crippen MR) is 131 cm³/mol. The Morgan fingerprint density at radius 3 is 2.47 bits per heavy atom. The van der Waals surface area contributed by atoms with Crippen LogP contribution < -0.4 is 0 Å². The summed E-state index contributed by atoms with van der Waals surface area (Å²) in [6, 6.07) is 22.0. The van der Waals surface area contributed by atoms with Crippen LogP contribution in [0.3, 0.4) is 0 Å². The van der Waals surface area contributed by atoms with Gasteiger partial charge in [-0.15, -0.1) is 0 Å². The van der Waals surface area contributed by atoms with Gasteiger partial charge in [0.15, 0.2) is 0 Å². The van der Waals surface area contributed by atoms with Crippen LogP contribution in [0.2, 0.25) is 5.02 Å². The van der Waals surface area contributed by atoms with Crippen LogP contribution >= 0.6 is 11.6 Å². The number of hydrogen-bond donors (Lipinski definition) is 1. The third-order valence-electron chi connectivity index (χ3n) is 5.33. The zero-order chi connectivity index (χ0) is 23.9. The Morgan fingerprint density at radius 1 is 0.882 bits per heavy atom. The average molecular weight is 475 g/mol. The Bertz CT molecular complexity index is 1330. The molecule has 0 fully saturated rings. The number of carbonyl (C=O) groups excluding carboxylic acids is 1. The summed E-state index contributed by atoms with van der Waals surface area (Å²) in [5.74, 6) is -1.26. The predicted octanol–water partition coefficient (Wildman–Crippen LogP) is 6.10. The number of rotatable bonds is 9. The smallest absolute Gasteiger partial charge is 0.338 e. The van der Waals surface area contributed by atoms with E-state index in [1.165, 1.54) is 0 Å². The van der Waals surface area contributed by atoms with Gasteiger partial charge in [0.05, 0.1) is 28.0 Å². The van der Waals surface area contributed by atoms with Gasteiger partial charge in [-0.1, -0.05) is 54.1 Å². The van der Waals surface area contributed by atoms with Crippen molar-refractivity contribution in [3.05, 3.63) is 94.6 Å². The number of aromatic nitrogens is 2. The summed E-state index contributed by atoms with van der Waals surface area (Å²) in [6.45, 7) is 0.119. The van der Waals surface area contributed by atoms with E-state index in [-0.39, 0.29) is 13.0 Å². The van der Waals surface area contributed by atoms with E-state index in [1.54, 1.807) is 30.3 Å². The van der Waals surface area contributed by atoms with Crippen LogP contribution in [0.4, 0.5) is 0 Å². The SMILES string of the molecule is O=C(O)CCCCc1nc2ccc(C(=O)OCc3cccc(Cl)c3)cc2nc1-c1ccccc1. The highest BCUT2D eigenvalue weighted by Gasteiger charge is 2.14. The maximum Gasteiger partial charge on any atom is 0.338 e. The van der Waals surface area contributed by atoms with Gasteiger partial charge in [-0.2, -0.15) is 0 Å². The van der Waals surface area contributed by atoms with Crippen LogP contribution in [-0.2, 0) is 22.6 Å². The summed E-state index contributed by atoms with van der Waals surface area (Å²) >= 11 is 5.99. The summed E-state index contributed by atoms with van der Waals surface area (Å²) < 4.78 is 5.45. The molecule has 1 aromatic heterocycles. The minimum absolute atomic E-state index is 0.119. The van der Waals surface area contributed by atoms with Crippen molar-refractivity contribution >= 4 is 34.6 Å². The number of fused-ring (bicyclic) bond motifs is 1. The van der Waals surface area contributed by atoms with Crippen molar-refractivity contribution < 1.29 is 19.4 Å². The molecule has 4 rings (SSSR count). The van der Waals surface area contributed by atoms with Gasteiger partial charge in [-0.25, -0.2) is 14.8 Å². The third kappa shape index (κ3) is 5.97. The molecule has 0 radical (unpaired) electrons. The van der Waals surface area contributed by atoms with E-state index in [0.717, 1.165) is 22.5 Å². The van der Waals surface area contributed by atoms with Crippen molar-refractivity contribution in [2.24, 2.45) is 0 Å². The molecule has 0 amide bonds. The van der Waals surface area contributed by atoms with E-state index >= 15 is 0 Å². The highest BCUT2D eigenvalue weighted by molar-refractivity contribution is 6.30. The Balaban J connectivity index is 1.59. The normalized spacial score (nSPS) is 10.9. The number of ether oxygens (including phenoxy) is 1. The van der Waals surface area contributed by atoms with Crippen LogP contribution in [0, 0.1) is 0 Å². The van der Waals surface area contributed by atoms with Crippen molar-refractivity contribution in [1.29, 1.82) is 0 Å². The van der Waals surface area contributed by atoms with Crippen LogP contribution in [0.1, 0.15) is 40.9 Å². The molecule has 0 spiro atoms. The molecule has 0 bridgehead atoms. The lowest BCUT2D eigenvalue weighted by atomic mass is 10.0.